The molecule has 20 heteroatoms. The van der Waals surface area contributed by atoms with Crippen molar-refractivity contribution in [2.24, 2.45) is 0 Å². The molecule has 0 aliphatic carbocycles. The summed E-state index contributed by atoms with van der Waals surface area (Å²) in [5.74, 6) is -2.05. The Labute approximate surface area is 331 Å². The van der Waals surface area contributed by atoms with Gasteiger partial charge in [-0.15, -0.1) is 0 Å². The molecule has 318 valence electrons. The van der Waals surface area contributed by atoms with Gasteiger partial charge in [0.1, 0.15) is 6.04 Å². The van der Waals surface area contributed by atoms with Gasteiger partial charge in [-0.2, -0.15) is 4.98 Å². The van der Waals surface area contributed by atoms with Gasteiger partial charge < -0.3 is 60.7 Å². The Kier molecular flexibility index (Phi) is 25.7. The van der Waals surface area contributed by atoms with Crippen LogP contribution < -0.4 is 27.2 Å². The zero-order valence-corrected chi connectivity index (χ0v) is 32.5. The summed E-state index contributed by atoms with van der Waals surface area (Å²) in [6.07, 6.45) is 5.58. The molecule has 1 aromatic carbocycles. The number of nitrogens with one attached hydrogen (secondary N) is 4. The number of unbranched alkanes of at least 4 members (excludes halogenated alkanes) is 3. The molecule has 0 spiro atoms. The lowest BCUT2D eigenvalue weighted by molar-refractivity contribution is -0.139. The van der Waals surface area contributed by atoms with Crippen molar-refractivity contribution in [2.45, 2.75) is 58.0 Å². The number of amides is 2. The Morgan fingerprint density at radius 3 is 1.95 bits per heavy atom. The van der Waals surface area contributed by atoms with E-state index in [9.17, 15) is 24.3 Å². The summed E-state index contributed by atoms with van der Waals surface area (Å²) >= 11 is 0. The zero-order chi connectivity index (χ0) is 41.5. The number of ether oxygens (including phenoxy) is 5. The first kappa shape index (κ1) is 48.3. The average Bonchev–Trinajstić information content (AvgIpc) is 3.20. The van der Waals surface area contributed by atoms with Crippen LogP contribution in [0.25, 0.3) is 11.2 Å². The highest BCUT2D eigenvalue weighted by Crippen LogP contribution is 2.12. The molecule has 0 saturated heterocycles. The number of rotatable bonds is 30. The van der Waals surface area contributed by atoms with Gasteiger partial charge >= 0.3 is 5.97 Å². The molecule has 57 heavy (non-hydrogen) atoms. The molecule has 9 N–H and O–H groups in total. The fourth-order valence-electron chi connectivity index (χ4n) is 4.74. The number of aromatic nitrogens is 4. The number of anilines is 2. The van der Waals surface area contributed by atoms with Gasteiger partial charge in [0.25, 0.3) is 11.5 Å². The van der Waals surface area contributed by atoms with Crippen LogP contribution in [-0.4, -0.2) is 145 Å². The van der Waals surface area contributed by atoms with Crippen molar-refractivity contribution >= 4 is 40.6 Å². The minimum atomic E-state index is -1.21. The highest BCUT2D eigenvalue weighted by molar-refractivity contribution is 5.97. The summed E-state index contributed by atoms with van der Waals surface area (Å²) in [4.78, 5) is 62.8. The summed E-state index contributed by atoms with van der Waals surface area (Å²) in [5.41, 5.74) is 6.66. The van der Waals surface area contributed by atoms with E-state index in [0.29, 0.717) is 84.0 Å². The normalized spacial score (nSPS) is 11.4. The number of aromatic amines is 1. The minimum absolute atomic E-state index is 0.000856. The van der Waals surface area contributed by atoms with Crippen molar-refractivity contribution in [2.75, 3.05) is 96.9 Å². The van der Waals surface area contributed by atoms with Gasteiger partial charge in [-0.05, 0) is 37.1 Å². The van der Waals surface area contributed by atoms with E-state index in [4.69, 9.17) is 39.6 Å². The van der Waals surface area contributed by atoms with Gasteiger partial charge in [0.15, 0.2) is 11.2 Å². The molecule has 0 unspecified atom stereocenters. The van der Waals surface area contributed by atoms with Crippen LogP contribution in [-0.2, 0) is 39.8 Å². The monoisotopic (exact) mass is 806 g/mol. The molecule has 2 aromatic heterocycles. The maximum atomic E-state index is 12.6. The van der Waals surface area contributed by atoms with Gasteiger partial charge in [0.05, 0.1) is 97.7 Å². The fraction of sp³-hybridized carbons (Fsp3) is 0.595. The molecule has 0 saturated carbocycles. The number of hydrogen-bond donors (Lipinski definition) is 8. The number of hydrogen-bond acceptors (Lipinski definition) is 16. The Morgan fingerprint density at radius 1 is 0.825 bits per heavy atom. The standard InChI is InChI=1S/C25H32N8O5.C12H26O7/c1-2-3-4-5-12-27-19(34)11-10-18(24(37)38)31-22(35)15-6-8-16(9-7-15)28-13-17-14-29-21-20(30-17)23(36)33-25(26)32-21;13-1-3-15-5-7-17-9-11-19-12-10-18-8-6-16-4-2-14/h6-9,14,18,28H,2-5,10-13H2,1H3,(H,27,34)(H,31,35)(H,37,38)(H3,26,29,32,33,36);13-14H,1-12H2/t18-;/m0./s1. The number of H-pyrrole nitrogens is 1. The smallest absolute Gasteiger partial charge is 0.326 e. The van der Waals surface area contributed by atoms with Gasteiger partial charge in [-0.3, -0.25) is 19.4 Å². The van der Waals surface area contributed by atoms with Gasteiger partial charge in [-0.1, -0.05) is 26.2 Å². The van der Waals surface area contributed by atoms with E-state index < -0.39 is 23.5 Å². The molecule has 0 aliphatic rings. The second kappa shape index (κ2) is 30.3. The first-order valence-electron chi connectivity index (χ1n) is 18.9. The fourth-order valence-corrected chi connectivity index (χ4v) is 4.74. The van der Waals surface area contributed by atoms with Crippen LogP contribution in [0.2, 0.25) is 0 Å². The van der Waals surface area contributed by atoms with E-state index in [1.54, 1.807) is 24.3 Å². The van der Waals surface area contributed by atoms with Gasteiger partial charge in [-0.25, -0.2) is 14.8 Å². The number of aliphatic carboxylic acids is 1. The lowest BCUT2D eigenvalue weighted by Crippen LogP contribution is -2.41. The molecule has 2 heterocycles. The van der Waals surface area contributed by atoms with Crippen molar-refractivity contribution in [1.29, 1.82) is 0 Å². The number of benzene rings is 1. The van der Waals surface area contributed by atoms with E-state index in [1.165, 1.54) is 6.20 Å². The first-order valence-corrected chi connectivity index (χ1v) is 18.9. The molecule has 3 aromatic rings. The third kappa shape index (κ3) is 21.9. The van der Waals surface area contributed by atoms with Crippen molar-refractivity contribution < 1.29 is 53.4 Å². The first-order chi connectivity index (χ1) is 27.7. The summed E-state index contributed by atoms with van der Waals surface area (Å²) < 4.78 is 25.8. The third-order valence-electron chi connectivity index (χ3n) is 7.68. The lowest BCUT2D eigenvalue weighted by Gasteiger charge is -2.15. The van der Waals surface area contributed by atoms with Gasteiger partial charge in [0.2, 0.25) is 11.9 Å². The Morgan fingerprint density at radius 2 is 1.40 bits per heavy atom. The van der Waals surface area contributed by atoms with Gasteiger partial charge in [0, 0.05) is 24.2 Å². The van der Waals surface area contributed by atoms with Crippen molar-refractivity contribution in [1.82, 2.24) is 30.6 Å². The Balaban J connectivity index is 0.000000499. The van der Waals surface area contributed by atoms with Crippen LogP contribution in [0.1, 0.15) is 61.5 Å². The zero-order valence-electron chi connectivity index (χ0n) is 32.5. The number of aliphatic hydroxyl groups excluding tert-OH is 2. The SMILES string of the molecule is CCCCCCNC(=O)CC[C@H](NC(=O)c1ccc(NCc2cnc3nc(N)[nH]c(=O)c3n2)cc1)C(=O)O.OCCOCCOCCOCCOCCOCCO. The third-order valence-corrected chi connectivity index (χ3v) is 7.68. The molecule has 1 atom stereocenters. The van der Waals surface area contributed by atoms with E-state index in [1.807, 2.05) is 0 Å². The largest absolute Gasteiger partial charge is 0.480 e. The number of carboxylic acid groups (broad SMARTS) is 1. The highest BCUT2D eigenvalue weighted by atomic mass is 16.6. The number of nitrogen functional groups attached to an aromatic ring is 1. The quantitative estimate of drug-likeness (QED) is 0.0429. The maximum Gasteiger partial charge on any atom is 0.326 e. The van der Waals surface area contributed by atoms with Crippen LogP contribution >= 0.6 is 0 Å². The molecule has 0 fully saturated rings. The van der Waals surface area contributed by atoms with E-state index in [0.717, 1.165) is 25.7 Å². The molecular weight excluding hydrogens is 748 g/mol. The van der Waals surface area contributed by atoms with E-state index in [2.05, 4.69) is 42.8 Å². The van der Waals surface area contributed by atoms with Crippen LogP contribution in [0.4, 0.5) is 11.6 Å². The van der Waals surface area contributed by atoms with Crippen LogP contribution in [0.15, 0.2) is 35.3 Å². The van der Waals surface area contributed by atoms with E-state index >= 15 is 0 Å². The summed E-state index contributed by atoms with van der Waals surface area (Å²) in [6.45, 7) is 7.72. The van der Waals surface area contributed by atoms with E-state index in [-0.39, 0.29) is 61.2 Å². The topological polar surface area (TPSA) is 292 Å². The summed E-state index contributed by atoms with van der Waals surface area (Å²) in [5, 5.41) is 34.7. The van der Waals surface area contributed by atoms with Crippen LogP contribution in [0.3, 0.4) is 0 Å². The van der Waals surface area contributed by atoms with Crippen molar-refractivity contribution in [3.8, 4) is 0 Å². The molecule has 2 amide bonds. The number of fused-ring (bicyclic) bond motifs is 1. The molecule has 0 aliphatic heterocycles. The number of nitrogens with zero attached hydrogens (tertiary/aromatic N) is 3. The molecule has 0 bridgehead atoms. The second-order valence-electron chi connectivity index (χ2n) is 12.2. The second-order valence-corrected chi connectivity index (χ2v) is 12.2. The number of aliphatic hydroxyl groups is 2. The van der Waals surface area contributed by atoms with Crippen molar-refractivity contribution in [3.05, 3.63) is 52.1 Å². The molecule has 20 nitrogen and oxygen atoms in total. The highest BCUT2D eigenvalue weighted by Gasteiger charge is 2.22. The number of carbonyl (C=O) groups is 3. The molecule has 0 radical (unpaired) electrons. The molecule has 3 rings (SSSR count). The predicted molar refractivity (Wildman–Crippen MR) is 210 cm³/mol. The Hall–Kier alpha value is -4.83. The van der Waals surface area contributed by atoms with Crippen LogP contribution in [0.5, 0.6) is 0 Å². The van der Waals surface area contributed by atoms with Crippen LogP contribution in [0, 0.1) is 0 Å². The number of carbonyl (C=O) groups excluding carboxylic acids is 2. The predicted octanol–water partition coefficient (Wildman–Crippen LogP) is 0.621. The Bertz CT molecular complexity index is 1610. The number of nitrogens with two attached hydrogens (primary N) is 1. The summed E-state index contributed by atoms with van der Waals surface area (Å²) in [6, 6.07) is 5.21. The summed E-state index contributed by atoms with van der Waals surface area (Å²) in [7, 11) is 0. The maximum absolute atomic E-state index is 12.6. The lowest BCUT2D eigenvalue weighted by atomic mass is 10.1. The molecular formula is C37H58N8O12. The van der Waals surface area contributed by atoms with Crippen molar-refractivity contribution in [3.63, 3.8) is 0 Å². The number of carboxylic acids is 1. The average molecular weight is 807 g/mol. The minimum Gasteiger partial charge on any atom is -0.480 e.